The minimum Gasteiger partial charge on any atom is -0.341 e. The molecule has 35 heavy (non-hydrogen) atoms. The van der Waals surface area contributed by atoms with Crippen LogP contribution in [0.3, 0.4) is 0 Å². The third-order valence-electron chi connectivity index (χ3n) is 10.5. The van der Waals surface area contributed by atoms with Gasteiger partial charge in [0.2, 0.25) is 5.91 Å². The molecule has 3 saturated carbocycles. The molecule has 3 heterocycles. The summed E-state index contributed by atoms with van der Waals surface area (Å²) in [6.45, 7) is 4.80. The summed E-state index contributed by atoms with van der Waals surface area (Å²) in [5.41, 5.74) is 0.191. The van der Waals surface area contributed by atoms with E-state index in [0.717, 1.165) is 56.6 Å². The van der Waals surface area contributed by atoms with Crippen molar-refractivity contribution >= 4 is 17.1 Å². The Bertz CT molecular complexity index is 1200. The van der Waals surface area contributed by atoms with E-state index in [-0.39, 0.29) is 22.8 Å². The number of carbonyl (C=O) groups is 1. The average Bonchev–Trinajstić information content (AvgIpc) is 3.36. The molecule has 0 spiro atoms. The molecule has 3 aliphatic carbocycles. The van der Waals surface area contributed by atoms with E-state index in [1.165, 1.54) is 6.42 Å². The van der Waals surface area contributed by atoms with Gasteiger partial charge in [0.1, 0.15) is 5.82 Å². The number of fused-ring (bicyclic) bond motifs is 6. The highest BCUT2D eigenvalue weighted by atomic mass is 19.4. The fourth-order valence-electron chi connectivity index (χ4n) is 8.62. The summed E-state index contributed by atoms with van der Waals surface area (Å²) in [6, 6.07) is 1.40. The molecule has 6 rings (SSSR count). The molecule has 7 atom stereocenters. The molecule has 0 radical (unpaired) electrons. The van der Waals surface area contributed by atoms with Crippen molar-refractivity contribution in [3.05, 3.63) is 35.8 Å². The fourth-order valence-corrected chi connectivity index (χ4v) is 8.62. The van der Waals surface area contributed by atoms with Crippen molar-refractivity contribution in [2.75, 3.05) is 7.05 Å². The van der Waals surface area contributed by atoms with Crippen LogP contribution in [0.2, 0.25) is 0 Å². The molecule has 2 aromatic rings. The van der Waals surface area contributed by atoms with E-state index in [2.05, 4.69) is 34.9 Å². The van der Waals surface area contributed by atoms with Gasteiger partial charge in [0.15, 0.2) is 5.65 Å². The van der Waals surface area contributed by atoms with Gasteiger partial charge in [-0.3, -0.25) is 4.79 Å². The predicted octanol–water partition coefficient (Wildman–Crippen LogP) is 5.77. The van der Waals surface area contributed by atoms with Gasteiger partial charge in [-0.2, -0.15) is 13.2 Å². The number of nitrogens with one attached hydrogen (secondary N) is 1. The van der Waals surface area contributed by atoms with E-state index < -0.39 is 11.7 Å². The van der Waals surface area contributed by atoms with Crippen LogP contribution in [0.5, 0.6) is 0 Å². The first-order chi connectivity index (χ1) is 16.5. The second-order valence-corrected chi connectivity index (χ2v) is 11.9. The number of halogens is 3. The second-order valence-electron chi connectivity index (χ2n) is 11.9. The molecular formula is C27H33F3N4O. The molecule has 1 aliphatic heterocycles. The van der Waals surface area contributed by atoms with E-state index in [4.69, 9.17) is 0 Å². The molecule has 5 nitrogen and oxygen atoms in total. The van der Waals surface area contributed by atoms with Crippen molar-refractivity contribution in [3.63, 3.8) is 0 Å². The number of nitrogens with zero attached hydrogens (tertiary/aromatic N) is 3. The Morgan fingerprint density at radius 2 is 1.94 bits per heavy atom. The Morgan fingerprint density at radius 1 is 1.14 bits per heavy atom. The van der Waals surface area contributed by atoms with Gasteiger partial charge >= 0.3 is 6.18 Å². The molecular weight excluding hydrogens is 453 g/mol. The van der Waals surface area contributed by atoms with Gasteiger partial charge in [0.05, 0.1) is 11.1 Å². The van der Waals surface area contributed by atoms with Crippen LogP contribution in [0.25, 0.3) is 11.2 Å². The Balaban J connectivity index is 1.24. The lowest BCUT2D eigenvalue weighted by Crippen LogP contribution is -2.59. The lowest BCUT2D eigenvalue weighted by Gasteiger charge is -2.60. The summed E-state index contributed by atoms with van der Waals surface area (Å²) in [7, 11) is 1.95. The summed E-state index contributed by atoms with van der Waals surface area (Å²) in [4.78, 5) is 25.9. The topological polar surface area (TPSA) is 61.9 Å². The molecule has 1 N–H and O–H groups in total. The smallest absolute Gasteiger partial charge is 0.341 e. The van der Waals surface area contributed by atoms with E-state index in [1.807, 2.05) is 11.9 Å². The number of hydrogen-bond acceptors (Lipinski definition) is 3. The van der Waals surface area contributed by atoms with Crippen LogP contribution in [-0.2, 0) is 17.4 Å². The number of imidazole rings is 1. The first-order valence-corrected chi connectivity index (χ1v) is 12.9. The van der Waals surface area contributed by atoms with Crippen molar-refractivity contribution in [1.82, 2.24) is 19.9 Å². The van der Waals surface area contributed by atoms with Crippen LogP contribution < -0.4 is 0 Å². The molecule has 188 valence electrons. The number of aromatic nitrogens is 3. The zero-order chi connectivity index (χ0) is 24.8. The summed E-state index contributed by atoms with van der Waals surface area (Å²) in [5, 5.41) is 0. The number of hydrogen-bond donors (Lipinski definition) is 1. The van der Waals surface area contributed by atoms with E-state index in [9.17, 15) is 18.0 Å². The maximum atomic E-state index is 13.1. The fraction of sp³-hybridized carbons (Fsp3) is 0.667. The van der Waals surface area contributed by atoms with Crippen LogP contribution in [0.15, 0.2) is 24.4 Å². The normalized spacial score (nSPS) is 39.0. The number of H-pyrrole nitrogens is 1. The third-order valence-corrected chi connectivity index (χ3v) is 10.5. The molecule has 2 aromatic heterocycles. The Morgan fingerprint density at radius 3 is 2.71 bits per heavy atom. The van der Waals surface area contributed by atoms with Crippen molar-refractivity contribution in [1.29, 1.82) is 0 Å². The number of carbonyl (C=O) groups excluding carboxylic acids is 1. The summed E-state index contributed by atoms with van der Waals surface area (Å²) in [6.07, 6.45) is 8.03. The first-order valence-electron chi connectivity index (χ1n) is 12.9. The maximum absolute atomic E-state index is 13.1. The van der Waals surface area contributed by atoms with Crippen LogP contribution in [0.1, 0.15) is 63.8 Å². The van der Waals surface area contributed by atoms with Crippen LogP contribution in [-0.4, -0.2) is 38.8 Å². The highest BCUT2D eigenvalue weighted by Crippen LogP contribution is 2.65. The quantitative estimate of drug-likeness (QED) is 0.586. The molecule has 1 amide bonds. The van der Waals surface area contributed by atoms with E-state index in [1.54, 1.807) is 6.08 Å². The van der Waals surface area contributed by atoms with Crippen molar-refractivity contribution in [3.8, 4) is 0 Å². The second kappa shape index (κ2) is 7.56. The SMILES string of the molecule is CN1C(=O)C=C[C@]2(C)[C@H]3CC[C@]4(C)[C@@H](Cc5nc6ncc(C(F)(F)F)cc6[nH]5)CC[C@H]4[C@@H]3CC[C@@H]12. The zero-order valence-electron chi connectivity index (χ0n) is 20.5. The summed E-state index contributed by atoms with van der Waals surface area (Å²) < 4.78 is 39.3. The van der Waals surface area contributed by atoms with Gasteiger partial charge in [0, 0.05) is 31.1 Å². The number of alkyl halides is 3. The van der Waals surface area contributed by atoms with Crippen LogP contribution in [0.4, 0.5) is 13.2 Å². The lowest BCUT2D eigenvalue weighted by atomic mass is 9.47. The van der Waals surface area contributed by atoms with E-state index in [0.29, 0.717) is 34.8 Å². The molecule has 0 aromatic carbocycles. The molecule has 0 saturated heterocycles. The van der Waals surface area contributed by atoms with Crippen molar-refractivity contribution < 1.29 is 18.0 Å². The predicted molar refractivity (Wildman–Crippen MR) is 126 cm³/mol. The maximum Gasteiger partial charge on any atom is 0.417 e. The Kier molecular flexibility index (Phi) is 4.98. The minimum atomic E-state index is -4.41. The Labute approximate surface area is 203 Å². The van der Waals surface area contributed by atoms with Crippen molar-refractivity contribution in [2.45, 2.75) is 71.0 Å². The zero-order valence-corrected chi connectivity index (χ0v) is 20.5. The third kappa shape index (κ3) is 3.38. The van der Waals surface area contributed by atoms with Gasteiger partial charge in [-0.15, -0.1) is 0 Å². The first kappa shape index (κ1) is 23.0. The van der Waals surface area contributed by atoms with Gasteiger partial charge in [0.25, 0.3) is 0 Å². The van der Waals surface area contributed by atoms with Gasteiger partial charge in [-0.25, -0.2) is 9.97 Å². The van der Waals surface area contributed by atoms with Crippen LogP contribution >= 0.6 is 0 Å². The number of rotatable bonds is 2. The highest BCUT2D eigenvalue weighted by molar-refractivity contribution is 5.89. The monoisotopic (exact) mass is 486 g/mol. The number of likely N-dealkylation sites (N-methyl/N-ethyl adjacent to an activating group) is 1. The van der Waals surface area contributed by atoms with Gasteiger partial charge in [-0.1, -0.05) is 19.9 Å². The average molecular weight is 487 g/mol. The van der Waals surface area contributed by atoms with Crippen LogP contribution in [0, 0.1) is 34.5 Å². The highest BCUT2D eigenvalue weighted by Gasteiger charge is 2.60. The largest absolute Gasteiger partial charge is 0.417 e. The summed E-state index contributed by atoms with van der Waals surface area (Å²) >= 11 is 0. The number of aromatic amines is 1. The molecule has 4 aliphatic rings. The van der Waals surface area contributed by atoms with Gasteiger partial charge in [-0.05, 0) is 79.8 Å². The minimum absolute atomic E-state index is 0.0333. The van der Waals surface area contributed by atoms with E-state index >= 15 is 0 Å². The lowest BCUT2D eigenvalue weighted by molar-refractivity contribution is -0.139. The molecule has 0 bridgehead atoms. The van der Waals surface area contributed by atoms with Crippen molar-refractivity contribution in [2.24, 2.45) is 34.5 Å². The standard InChI is InChI=1S/C27H33F3N4O/c1-25-10-8-19-17(5-7-21-26(19,2)11-9-23(35)34(21)3)18(25)6-4-15(25)13-22-32-20-12-16(27(28,29)30)14-31-24(20)33-22/h9,11-12,14-15,17-19,21H,4-8,10,13H2,1-3H3,(H,31,32,33)/t15-,17+,18+,19+,21-,25-,26-/m1/s1. The number of pyridine rings is 1. The Hall–Kier alpha value is -2.38. The van der Waals surface area contributed by atoms with Gasteiger partial charge < -0.3 is 9.88 Å². The summed E-state index contributed by atoms with van der Waals surface area (Å²) in [5.74, 6) is 3.19. The molecule has 0 unspecified atom stereocenters. The number of amides is 1. The molecule has 3 fully saturated rings. The molecule has 8 heteroatoms.